The van der Waals surface area contributed by atoms with E-state index in [2.05, 4.69) is 22.5 Å². The van der Waals surface area contributed by atoms with E-state index in [1.807, 2.05) is 30.3 Å². The van der Waals surface area contributed by atoms with Crippen LogP contribution >= 0.6 is 22.7 Å². The van der Waals surface area contributed by atoms with E-state index in [1.165, 1.54) is 9.40 Å². The topological polar surface area (TPSA) is 33.1 Å². The number of nitrogens with zero attached hydrogens (tertiary/aromatic N) is 1. The zero-order valence-corrected chi connectivity index (χ0v) is 12.1. The number of rotatable bonds is 2. The second-order valence-electron chi connectivity index (χ2n) is 4.62. The number of hydrogen-bond donors (Lipinski definition) is 1. The first-order chi connectivity index (χ1) is 9.83. The Hall–Kier alpha value is -1.75. The molecule has 98 valence electrons. The molecule has 0 fully saturated rings. The average Bonchev–Trinajstić information content (AvgIpc) is 3.07. The highest BCUT2D eigenvalue weighted by molar-refractivity contribution is 7.26. The van der Waals surface area contributed by atoms with Crippen LogP contribution in [0.4, 0.5) is 0 Å². The molecular formula is C16H11NOS2. The van der Waals surface area contributed by atoms with Crippen LogP contribution in [0.5, 0.6) is 0 Å². The molecule has 0 spiro atoms. The Morgan fingerprint density at radius 2 is 2.00 bits per heavy atom. The molecule has 1 unspecified atom stereocenters. The van der Waals surface area contributed by atoms with Crippen LogP contribution < -0.4 is 0 Å². The number of benzene rings is 1. The summed E-state index contributed by atoms with van der Waals surface area (Å²) in [7, 11) is 0. The van der Waals surface area contributed by atoms with Crippen LogP contribution in [0.1, 0.15) is 16.5 Å². The van der Waals surface area contributed by atoms with E-state index >= 15 is 0 Å². The first kappa shape index (κ1) is 12.0. The smallest absolute Gasteiger partial charge is 0.114 e. The second-order valence-corrected chi connectivity index (χ2v) is 6.68. The van der Waals surface area contributed by atoms with Gasteiger partial charge in [0.2, 0.25) is 0 Å². The molecule has 4 aromatic rings. The summed E-state index contributed by atoms with van der Waals surface area (Å²) in [5.41, 5.74) is 1.84. The van der Waals surface area contributed by atoms with Crippen molar-refractivity contribution in [2.45, 2.75) is 6.10 Å². The number of aliphatic hydroxyl groups is 1. The molecule has 2 nitrogen and oxygen atoms in total. The minimum Gasteiger partial charge on any atom is -0.383 e. The molecule has 0 saturated heterocycles. The van der Waals surface area contributed by atoms with Crippen molar-refractivity contribution in [2.24, 2.45) is 0 Å². The van der Waals surface area contributed by atoms with Crippen LogP contribution in [-0.2, 0) is 0 Å². The molecule has 20 heavy (non-hydrogen) atoms. The molecule has 0 amide bonds. The van der Waals surface area contributed by atoms with Gasteiger partial charge in [-0.2, -0.15) is 0 Å². The molecule has 0 aliphatic rings. The Bertz CT molecular complexity index is 860. The molecule has 1 aromatic carbocycles. The molecule has 0 aliphatic heterocycles. The van der Waals surface area contributed by atoms with Crippen molar-refractivity contribution in [3.8, 4) is 0 Å². The van der Waals surface area contributed by atoms with Crippen molar-refractivity contribution >= 4 is 43.0 Å². The fourth-order valence-electron chi connectivity index (χ4n) is 2.44. The Kier molecular flexibility index (Phi) is 2.80. The monoisotopic (exact) mass is 297 g/mol. The molecular weight excluding hydrogens is 286 g/mol. The number of pyridine rings is 1. The van der Waals surface area contributed by atoms with Crippen LogP contribution in [0, 0.1) is 0 Å². The Labute approximate surface area is 124 Å². The molecule has 4 rings (SSSR count). The molecule has 0 bridgehead atoms. The van der Waals surface area contributed by atoms with Crippen LogP contribution in [0.2, 0.25) is 0 Å². The first-order valence-corrected chi connectivity index (χ1v) is 8.01. The predicted molar refractivity (Wildman–Crippen MR) is 85.5 cm³/mol. The maximum atomic E-state index is 10.7. The van der Waals surface area contributed by atoms with E-state index in [0.29, 0.717) is 0 Å². The lowest BCUT2D eigenvalue weighted by molar-refractivity contribution is 0.226. The van der Waals surface area contributed by atoms with E-state index in [0.717, 1.165) is 21.3 Å². The summed E-state index contributed by atoms with van der Waals surface area (Å²) in [5.74, 6) is 0. The van der Waals surface area contributed by atoms with Gasteiger partial charge in [0.25, 0.3) is 0 Å². The van der Waals surface area contributed by atoms with E-state index in [1.54, 1.807) is 28.9 Å². The van der Waals surface area contributed by atoms with Crippen LogP contribution in [0.15, 0.2) is 54.0 Å². The average molecular weight is 297 g/mol. The highest BCUT2D eigenvalue weighted by Gasteiger charge is 2.16. The van der Waals surface area contributed by atoms with Gasteiger partial charge >= 0.3 is 0 Å². The maximum Gasteiger partial charge on any atom is 0.114 e. The van der Waals surface area contributed by atoms with E-state index in [-0.39, 0.29) is 0 Å². The minimum absolute atomic E-state index is 0.590. The van der Waals surface area contributed by atoms with E-state index in [9.17, 15) is 5.11 Å². The van der Waals surface area contributed by atoms with Gasteiger partial charge in [-0.25, -0.2) is 0 Å². The normalized spacial score (nSPS) is 13.1. The van der Waals surface area contributed by atoms with Crippen LogP contribution in [0.25, 0.3) is 20.3 Å². The lowest BCUT2D eigenvalue weighted by atomic mass is 10.0. The number of aliphatic hydroxyl groups excluding tert-OH is 1. The van der Waals surface area contributed by atoms with Gasteiger partial charge in [0.1, 0.15) is 6.10 Å². The van der Waals surface area contributed by atoms with Crippen LogP contribution in [-0.4, -0.2) is 10.1 Å². The van der Waals surface area contributed by atoms with Gasteiger partial charge in [0, 0.05) is 25.9 Å². The molecule has 0 saturated carbocycles. The molecule has 3 heterocycles. The summed E-state index contributed by atoms with van der Waals surface area (Å²) in [6, 6.07) is 14.0. The van der Waals surface area contributed by atoms with Crippen LogP contribution in [0.3, 0.4) is 0 Å². The van der Waals surface area contributed by atoms with Gasteiger partial charge in [0.15, 0.2) is 0 Å². The van der Waals surface area contributed by atoms with Gasteiger partial charge < -0.3 is 5.11 Å². The maximum absolute atomic E-state index is 10.7. The Morgan fingerprint density at radius 1 is 1.05 bits per heavy atom. The standard InChI is InChI=1S/C16H11NOS2/c18-16(15-9-14-13(20-15)6-8-19-14)11-3-1-5-12-10(11)4-2-7-17-12/h1-9,16,18H. The van der Waals surface area contributed by atoms with Crippen molar-refractivity contribution in [1.29, 1.82) is 0 Å². The van der Waals surface area contributed by atoms with Gasteiger partial charge in [-0.15, -0.1) is 22.7 Å². The van der Waals surface area contributed by atoms with Gasteiger partial charge in [-0.05, 0) is 35.2 Å². The fourth-order valence-corrected chi connectivity index (χ4v) is 4.56. The summed E-state index contributed by atoms with van der Waals surface area (Å²) < 4.78 is 2.48. The predicted octanol–water partition coefficient (Wildman–Crippen LogP) is 4.59. The summed E-state index contributed by atoms with van der Waals surface area (Å²) in [6.45, 7) is 0. The third-order valence-electron chi connectivity index (χ3n) is 3.40. The SMILES string of the molecule is OC(c1cc2sccc2s1)c1cccc2ncccc12. The summed E-state index contributed by atoms with van der Waals surface area (Å²) in [6.07, 6.45) is 1.19. The van der Waals surface area contributed by atoms with Crippen molar-refractivity contribution in [3.05, 3.63) is 64.5 Å². The minimum atomic E-state index is -0.590. The number of aromatic nitrogens is 1. The van der Waals surface area contributed by atoms with E-state index < -0.39 is 6.10 Å². The Balaban J connectivity index is 1.87. The lowest BCUT2D eigenvalue weighted by Gasteiger charge is -2.11. The molecule has 0 radical (unpaired) electrons. The summed E-state index contributed by atoms with van der Waals surface area (Å²) in [4.78, 5) is 5.33. The first-order valence-electron chi connectivity index (χ1n) is 6.31. The lowest BCUT2D eigenvalue weighted by Crippen LogP contribution is -1.98. The van der Waals surface area contributed by atoms with Crippen molar-refractivity contribution in [3.63, 3.8) is 0 Å². The molecule has 1 atom stereocenters. The highest BCUT2D eigenvalue weighted by Crippen LogP contribution is 2.37. The van der Waals surface area contributed by atoms with Crippen molar-refractivity contribution < 1.29 is 5.11 Å². The molecule has 0 aliphatic carbocycles. The fraction of sp³-hybridized carbons (Fsp3) is 0.0625. The zero-order chi connectivity index (χ0) is 13.5. The van der Waals surface area contributed by atoms with Crippen molar-refractivity contribution in [1.82, 2.24) is 4.98 Å². The summed E-state index contributed by atoms with van der Waals surface area (Å²) in [5, 5.41) is 13.8. The zero-order valence-electron chi connectivity index (χ0n) is 10.5. The summed E-state index contributed by atoms with van der Waals surface area (Å²) >= 11 is 3.37. The third-order valence-corrected chi connectivity index (χ3v) is 5.55. The molecule has 1 N–H and O–H groups in total. The second kappa shape index (κ2) is 4.66. The molecule has 4 heteroatoms. The quantitative estimate of drug-likeness (QED) is 0.587. The number of hydrogen-bond acceptors (Lipinski definition) is 4. The van der Waals surface area contributed by atoms with Gasteiger partial charge in [-0.3, -0.25) is 4.98 Å². The number of thiophene rings is 2. The van der Waals surface area contributed by atoms with Crippen molar-refractivity contribution in [2.75, 3.05) is 0 Å². The van der Waals surface area contributed by atoms with Gasteiger partial charge in [-0.1, -0.05) is 18.2 Å². The molecule has 3 aromatic heterocycles. The van der Waals surface area contributed by atoms with Gasteiger partial charge in [0.05, 0.1) is 5.52 Å². The van der Waals surface area contributed by atoms with E-state index in [4.69, 9.17) is 0 Å². The highest BCUT2D eigenvalue weighted by atomic mass is 32.1. The number of fused-ring (bicyclic) bond motifs is 2. The largest absolute Gasteiger partial charge is 0.383 e. The third kappa shape index (κ3) is 1.85. The Morgan fingerprint density at radius 3 is 2.90 bits per heavy atom.